The van der Waals surface area contributed by atoms with Crippen LogP contribution in [-0.4, -0.2) is 40.8 Å². The molecule has 0 aliphatic carbocycles. The highest BCUT2D eigenvalue weighted by atomic mass is 31.1. The van der Waals surface area contributed by atoms with E-state index in [2.05, 4.69) is 215 Å². The van der Waals surface area contributed by atoms with Gasteiger partial charge in [0.1, 0.15) is 23.0 Å². The molecule has 0 N–H and O–H groups in total. The molecule has 0 unspecified atom stereocenters. The molecule has 0 saturated heterocycles. The first-order chi connectivity index (χ1) is 32.6. The van der Waals surface area contributed by atoms with Crippen molar-refractivity contribution in [3.05, 3.63) is 93.0 Å². The molecule has 0 fully saturated rings. The molecule has 402 valence electrons. The Morgan fingerprint density at radius 1 is 0.250 bits per heavy atom. The smallest absolute Gasteiger partial charge is 0.126 e. The summed E-state index contributed by atoms with van der Waals surface area (Å²) in [6, 6.07) is 20.1. The van der Waals surface area contributed by atoms with Gasteiger partial charge >= 0.3 is 0 Å². The first-order valence-corrected chi connectivity index (χ1v) is 30.1. The van der Waals surface area contributed by atoms with Crippen LogP contribution in [0, 0.1) is 0 Å². The molecular formula is C66H104O4P2. The summed E-state index contributed by atoms with van der Waals surface area (Å²) < 4.78 is 25.3. The second-order valence-electron chi connectivity index (χ2n) is 29.0. The molecule has 0 saturated carbocycles. The van der Waals surface area contributed by atoms with E-state index in [9.17, 15) is 0 Å². The Kier molecular flexibility index (Phi) is 19.0. The van der Waals surface area contributed by atoms with Crippen LogP contribution in [0.15, 0.2) is 48.5 Å². The van der Waals surface area contributed by atoms with Gasteiger partial charge in [0.25, 0.3) is 0 Å². The summed E-state index contributed by atoms with van der Waals surface area (Å²) in [5.41, 5.74) is 9.58. The van der Waals surface area contributed by atoms with Gasteiger partial charge in [0.2, 0.25) is 0 Å². The van der Waals surface area contributed by atoms with Gasteiger partial charge in [0.15, 0.2) is 0 Å². The van der Waals surface area contributed by atoms with E-state index < -0.39 is 15.8 Å². The summed E-state index contributed by atoms with van der Waals surface area (Å²) >= 11 is 0. The van der Waals surface area contributed by atoms with Gasteiger partial charge in [0, 0.05) is 44.5 Å². The summed E-state index contributed by atoms with van der Waals surface area (Å²) in [4.78, 5) is 0. The van der Waals surface area contributed by atoms with E-state index >= 15 is 0 Å². The number of hydrogen-bond acceptors (Lipinski definition) is 4. The summed E-state index contributed by atoms with van der Waals surface area (Å²) in [7, 11) is 5.92. The molecule has 0 bridgehead atoms. The minimum Gasteiger partial charge on any atom is -0.496 e. The normalized spacial score (nSPS) is 13.6. The van der Waals surface area contributed by atoms with Crippen molar-refractivity contribution < 1.29 is 18.9 Å². The fraction of sp³-hybridized carbons (Fsp3) is 0.636. The number of unbranched alkanes of at least 4 members (excludes halogenated alkanes) is 3. The van der Waals surface area contributed by atoms with Gasteiger partial charge < -0.3 is 18.9 Å². The van der Waals surface area contributed by atoms with Gasteiger partial charge in [0.05, 0.1) is 28.4 Å². The Hall–Kier alpha value is -3.06. The van der Waals surface area contributed by atoms with E-state index in [0.717, 1.165) is 48.2 Å². The minimum atomic E-state index is -0.745. The fourth-order valence-electron chi connectivity index (χ4n) is 10.1. The molecule has 4 aromatic rings. The van der Waals surface area contributed by atoms with Crippen LogP contribution in [0.1, 0.15) is 236 Å². The van der Waals surface area contributed by atoms with Gasteiger partial charge in [-0.05, 0) is 154 Å². The number of methoxy groups -OCH3 is 4. The van der Waals surface area contributed by atoms with Crippen molar-refractivity contribution in [3.8, 4) is 23.0 Å². The zero-order valence-electron chi connectivity index (χ0n) is 51.4. The maximum absolute atomic E-state index is 6.33. The predicted octanol–water partition coefficient (Wildman–Crippen LogP) is 17.2. The molecule has 4 nitrogen and oxygen atoms in total. The summed E-state index contributed by atoms with van der Waals surface area (Å²) in [5, 5.41) is 5.78. The highest BCUT2D eigenvalue weighted by molar-refractivity contribution is 7.73. The van der Waals surface area contributed by atoms with Crippen molar-refractivity contribution in [2.24, 2.45) is 0 Å². The molecule has 0 amide bonds. The lowest BCUT2D eigenvalue weighted by molar-refractivity contribution is 0.381. The predicted molar refractivity (Wildman–Crippen MR) is 322 cm³/mol. The van der Waals surface area contributed by atoms with Crippen LogP contribution >= 0.6 is 15.8 Å². The zero-order valence-corrected chi connectivity index (χ0v) is 53.2. The van der Waals surface area contributed by atoms with E-state index in [0.29, 0.717) is 0 Å². The van der Waals surface area contributed by atoms with Gasteiger partial charge in [-0.15, -0.1) is 0 Å². The van der Waals surface area contributed by atoms with Gasteiger partial charge in [-0.3, -0.25) is 0 Å². The molecule has 0 aromatic heterocycles. The Labute approximate surface area is 445 Å². The van der Waals surface area contributed by atoms with Crippen molar-refractivity contribution >= 4 is 37.1 Å². The van der Waals surface area contributed by atoms with Gasteiger partial charge in [-0.25, -0.2) is 0 Å². The standard InChI is InChI=1S/C66H104O4P2/c1-59(2,3)47-35-43(36-48(55(47)67-25)60(4,5)6)71(44-37-49(61(7,8)9)56(68-26)50(38-44)62(10,11)12)33-31-29-30-32-34-72(45-39-51(63(13,14)15)57(69-27)52(40-45)64(16,17)18)46-41-53(65(19,20)21)58(70-28)54(42-46)66(22,23)24/h35-42H,29-34H2,1-28H3. The maximum Gasteiger partial charge on any atom is 0.126 e. The number of rotatable bonds is 15. The Morgan fingerprint density at radius 3 is 0.500 bits per heavy atom. The average Bonchev–Trinajstić information content (AvgIpc) is 3.23. The molecule has 6 heteroatoms. The Bertz CT molecular complexity index is 2010. The molecule has 0 heterocycles. The molecular weight excluding hydrogens is 919 g/mol. The zero-order chi connectivity index (χ0) is 55.1. The molecule has 4 aromatic carbocycles. The first-order valence-electron chi connectivity index (χ1n) is 27.1. The van der Waals surface area contributed by atoms with Crippen molar-refractivity contribution in [3.63, 3.8) is 0 Å². The van der Waals surface area contributed by atoms with Crippen molar-refractivity contribution in [2.75, 3.05) is 40.8 Å². The minimum absolute atomic E-state index is 0.0931. The van der Waals surface area contributed by atoms with E-state index in [1.807, 2.05) is 28.4 Å². The SMILES string of the molecule is COc1c(C(C)(C)C)cc(P(CCCCCCP(c2cc(C(C)(C)C)c(OC)c(C(C)(C)C)c2)c2cc(C(C)(C)C)c(OC)c(C(C)(C)C)c2)c2cc(C(C)(C)C)c(OC)c(C(C)(C)C)c2)cc1C(C)(C)C. The third-order valence-corrected chi connectivity index (χ3v) is 19.4. The van der Waals surface area contributed by atoms with Gasteiger partial charge in [-0.1, -0.05) is 179 Å². The van der Waals surface area contributed by atoms with E-state index in [-0.39, 0.29) is 43.3 Å². The number of ether oxygens (including phenoxy) is 4. The summed E-state index contributed by atoms with van der Waals surface area (Å²) in [6.07, 6.45) is 6.90. The van der Waals surface area contributed by atoms with Crippen molar-refractivity contribution in [1.82, 2.24) is 0 Å². The van der Waals surface area contributed by atoms with Crippen LogP contribution in [0.2, 0.25) is 0 Å². The van der Waals surface area contributed by atoms with Crippen molar-refractivity contribution in [1.29, 1.82) is 0 Å². The number of hydrogen-bond donors (Lipinski definition) is 0. The van der Waals surface area contributed by atoms with Crippen LogP contribution in [0.4, 0.5) is 0 Å². The molecule has 0 aliphatic heterocycles. The second kappa shape index (κ2) is 22.3. The quantitative estimate of drug-likeness (QED) is 0.0878. The highest BCUT2D eigenvalue weighted by Crippen LogP contribution is 2.49. The van der Waals surface area contributed by atoms with Crippen LogP contribution in [0.3, 0.4) is 0 Å². The molecule has 4 rings (SSSR count). The molecule has 72 heavy (non-hydrogen) atoms. The first kappa shape index (κ1) is 61.5. The Morgan fingerprint density at radius 2 is 0.389 bits per heavy atom. The third-order valence-electron chi connectivity index (χ3n) is 14.3. The van der Waals surface area contributed by atoms with Gasteiger partial charge in [-0.2, -0.15) is 0 Å². The lowest BCUT2D eigenvalue weighted by Crippen LogP contribution is -2.27. The molecule has 0 aliphatic rings. The van der Waals surface area contributed by atoms with Crippen LogP contribution in [-0.2, 0) is 43.3 Å². The van der Waals surface area contributed by atoms with Crippen LogP contribution < -0.4 is 40.2 Å². The molecule has 0 radical (unpaired) electrons. The molecule has 0 spiro atoms. The summed E-state index contributed by atoms with van der Waals surface area (Å²) in [5.74, 6) is 4.14. The number of benzene rings is 4. The van der Waals surface area contributed by atoms with Crippen LogP contribution in [0.5, 0.6) is 23.0 Å². The largest absolute Gasteiger partial charge is 0.496 e. The van der Waals surface area contributed by atoms with E-state index in [1.54, 1.807) is 0 Å². The van der Waals surface area contributed by atoms with E-state index in [4.69, 9.17) is 18.9 Å². The maximum atomic E-state index is 6.33. The Balaban J connectivity index is 1.91. The lowest BCUT2D eigenvalue weighted by atomic mass is 9.79. The molecule has 0 atom stereocenters. The highest BCUT2D eigenvalue weighted by Gasteiger charge is 2.35. The van der Waals surface area contributed by atoms with Crippen molar-refractivity contribution in [2.45, 2.75) is 235 Å². The second-order valence-corrected chi connectivity index (χ2v) is 33.7. The van der Waals surface area contributed by atoms with E-state index in [1.165, 1.54) is 78.6 Å². The monoisotopic (exact) mass is 1020 g/mol. The topological polar surface area (TPSA) is 36.9 Å². The average molecular weight is 1020 g/mol. The lowest BCUT2D eigenvalue weighted by Gasteiger charge is -2.34. The summed E-state index contributed by atoms with van der Waals surface area (Å²) in [6.45, 7) is 56.0. The van der Waals surface area contributed by atoms with Crippen LogP contribution in [0.25, 0.3) is 0 Å². The third kappa shape index (κ3) is 14.4. The fourth-order valence-corrected chi connectivity index (χ4v) is 15.1.